The lowest BCUT2D eigenvalue weighted by Gasteiger charge is -2.10. The number of carbonyl (C=O) groups is 2. The quantitative estimate of drug-likeness (QED) is 0.347. The largest absolute Gasteiger partial charge is 0.497 e. The van der Waals surface area contributed by atoms with E-state index in [1.807, 2.05) is 30.3 Å². The van der Waals surface area contributed by atoms with E-state index in [0.29, 0.717) is 23.6 Å². The van der Waals surface area contributed by atoms with E-state index in [0.717, 1.165) is 11.3 Å². The maximum Gasteiger partial charge on any atom is 0.329 e. The van der Waals surface area contributed by atoms with Crippen molar-refractivity contribution in [1.29, 1.82) is 0 Å². The highest BCUT2D eigenvalue weighted by Crippen LogP contribution is 2.19. The molecule has 2 N–H and O–H groups in total. The second-order valence-corrected chi connectivity index (χ2v) is 6.34. The molecule has 3 rings (SSSR count). The Bertz CT molecular complexity index is 1080. The number of amides is 2. The molecule has 2 amide bonds. The van der Waals surface area contributed by atoms with Crippen LogP contribution in [0.15, 0.2) is 77.9 Å². The van der Waals surface area contributed by atoms with Gasteiger partial charge in [-0.05, 0) is 54.1 Å². The Morgan fingerprint density at radius 1 is 1.00 bits per heavy atom. The van der Waals surface area contributed by atoms with Gasteiger partial charge >= 0.3 is 11.8 Å². The molecule has 7 nitrogen and oxygen atoms in total. The smallest absolute Gasteiger partial charge is 0.329 e. The third-order valence-electron chi connectivity index (χ3n) is 4.13. The topological polar surface area (TPSA) is 89.0 Å². The number of carbonyl (C=O) groups excluding carboxylic acids is 2. The van der Waals surface area contributed by atoms with E-state index < -0.39 is 17.6 Å². The van der Waals surface area contributed by atoms with Crippen molar-refractivity contribution in [3.63, 3.8) is 0 Å². The fraction of sp³-hybridized carbons (Fsp3) is 0.0870. The zero-order chi connectivity index (χ0) is 22.1. The molecule has 0 heterocycles. The summed E-state index contributed by atoms with van der Waals surface area (Å²) in [6.07, 6.45) is 1.38. The van der Waals surface area contributed by atoms with Crippen molar-refractivity contribution in [2.45, 2.75) is 6.61 Å². The zero-order valence-electron chi connectivity index (χ0n) is 16.7. The van der Waals surface area contributed by atoms with Gasteiger partial charge in [0.25, 0.3) is 0 Å². The Hall–Kier alpha value is -4.20. The lowest BCUT2D eigenvalue weighted by molar-refractivity contribution is -0.136. The third-order valence-corrected chi connectivity index (χ3v) is 4.13. The van der Waals surface area contributed by atoms with Crippen LogP contribution < -0.4 is 20.2 Å². The number of rotatable bonds is 7. The number of nitrogens with one attached hydrogen (secondary N) is 2. The molecule has 158 valence electrons. The van der Waals surface area contributed by atoms with Crippen molar-refractivity contribution in [3.8, 4) is 11.5 Å². The van der Waals surface area contributed by atoms with Crippen LogP contribution in [0.4, 0.5) is 10.1 Å². The fourth-order valence-corrected chi connectivity index (χ4v) is 2.57. The van der Waals surface area contributed by atoms with Gasteiger partial charge in [0.05, 0.1) is 13.3 Å². The Labute approximate surface area is 178 Å². The highest BCUT2D eigenvalue weighted by atomic mass is 19.1. The van der Waals surface area contributed by atoms with Crippen LogP contribution in [0.25, 0.3) is 0 Å². The third kappa shape index (κ3) is 6.40. The van der Waals surface area contributed by atoms with Crippen molar-refractivity contribution in [2.75, 3.05) is 12.4 Å². The number of hydrogen-bond acceptors (Lipinski definition) is 5. The van der Waals surface area contributed by atoms with E-state index in [4.69, 9.17) is 9.47 Å². The molecule has 0 saturated heterocycles. The van der Waals surface area contributed by atoms with Crippen molar-refractivity contribution in [2.24, 2.45) is 5.10 Å². The van der Waals surface area contributed by atoms with Crippen molar-refractivity contribution in [3.05, 3.63) is 89.7 Å². The minimum Gasteiger partial charge on any atom is -0.497 e. The molecule has 0 spiro atoms. The summed E-state index contributed by atoms with van der Waals surface area (Å²) in [6.45, 7) is 0.314. The SMILES string of the molecule is COc1cccc(COc2ccccc2/C=N/NC(=O)C(=O)Nc2ccc(F)cc2)c1. The van der Waals surface area contributed by atoms with E-state index in [1.54, 1.807) is 25.3 Å². The van der Waals surface area contributed by atoms with Crippen molar-refractivity contribution < 1.29 is 23.5 Å². The molecule has 0 atom stereocenters. The highest BCUT2D eigenvalue weighted by molar-refractivity contribution is 6.39. The van der Waals surface area contributed by atoms with E-state index >= 15 is 0 Å². The van der Waals surface area contributed by atoms with Crippen LogP contribution >= 0.6 is 0 Å². The van der Waals surface area contributed by atoms with Crippen LogP contribution in [0.3, 0.4) is 0 Å². The maximum atomic E-state index is 12.9. The molecule has 0 unspecified atom stereocenters. The maximum absolute atomic E-state index is 12.9. The van der Waals surface area contributed by atoms with E-state index in [9.17, 15) is 14.0 Å². The summed E-state index contributed by atoms with van der Waals surface area (Å²) in [5.41, 5.74) is 3.99. The second-order valence-electron chi connectivity index (χ2n) is 6.34. The predicted molar refractivity (Wildman–Crippen MR) is 115 cm³/mol. The number of benzene rings is 3. The van der Waals surface area contributed by atoms with Gasteiger partial charge in [0.1, 0.15) is 23.9 Å². The number of hydrogen-bond donors (Lipinski definition) is 2. The number of anilines is 1. The molecule has 0 aliphatic rings. The van der Waals surface area contributed by atoms with Crippen LogP contribution in [0.1, 0.15) is 11.1 Å². The summed E-state index contributed by atoms with van der Waals surface area (Å²) in [5.74, 6) is -1.04. The monoisotopic (exact) mass is 421 g/mol. The number of halogens is 1. The summed E-state index contributed by atoms with van der Waals surface area (Å²) in [4.78, 5) is 23.8. The van der Waals surface area contributed by atoms with Gasteiger partial charge in [-0.3, -0.25) is 9.59 Å². The van der Waals surface area contributed by atoms with Gasteiger partial charge in [-0.25, -0.2) is 9.82 Å². The number of methoxy groups -OCH3 is 1. The Morgan fingerprint density at radius 2 is 1.77 bits per heavy atom. The number of nitrogens with zero attached hydrogens (tertiary/aromatic N) is 1. The van der Waals surface area contributed by atoms with Gasteiger partial charge in [-0.15, -0.1) is 0 Å². The molecular formula is C23H20FN3O4. The van der Waals surface area contributed by atoms with Crippen molar-refractivity contribution in [1.82, 2.24) is 5.43 Å². The summed E-state index contributed by atoms with van der Waals surface area (Å²) in [6, 6.07) is 19.7. The second kappa shape index (κ2) is 10.5. The van der Waals surface area contributed by atoms with Crippen LogP contribution in [-0.4, -0.2) is 25.1 Å². The minimum atomic E-state index is -0.963. The molecule has 3 aromatic carbocycles. The predicted octanol–water partition coefficient (Wildman–Crippen LogP) is 3.50. The molecule has 0 bridgehead atoms. The van der Waals surface area contributed by atoms with Gasteiger partial charge < -0.3 is 14.8 Å². The van der Waals surface area contributed by atoms with E-state index in [1.165, 1.54) is 30.5 Å². The minimum absolute atomic E-state index is 0.293. The average Bonchev–Trinajstić information content (AvgIpc) is 2.80. The molecule has 0 radical (unpaired) electrons. The summed E-state index contributed by atoms with van der Waals surface area (Å²) in [5, 5.41) is 6.17. The molecule has 0 saturated carbocycles. The lowest BCUT2D eigenvalue weighted by atomic mass is 10.2. The fourth-order valence-electron chi connectivity index (χ4n) is 2.57. The first-order chi connectivity index (χ1) is 15.0. The first-order valence-electron chi connectivity index (χ1n) is 9.30. The Balaban J connectivity index is 1.57. The molecule has 0 aliphatic heterocycles. The summed E-state index contributed by atoms with van der Waals surface area (Å²) < 4.78 is 24.0. The normalized spacial score (nSPS) is 10.5. The molecule has 0 aliphatic carbocycles. The Kier molecular flexibility index (Phi) is 7.31. The van der Waals surface area contributed by atoms with Crippen LogP contribution in [-0.2, 0) is 16.2 Å². The first-order valence-corrected chi connectivity index (χ1v) is 9.30. The molecule has 0 fully saturated rings. The first kappa shape index (κ1) is 21.5. The number of para-hydroxylation sites is 1. The van der Waals surface area contributed by atoms with E-state index in [2.05, 4.69) is 15.8 Å². The average molecular weight is 421 g/mol. The standard InChI is InChI=1S/C23H20FN3O4/c1-30-20-7-4-5-16(13-20)15-31-21-8-3-2-6-17(21)14-25-27-23(29)22(28)26-19-11-9-18(24)10-12-19/h2-14H,15H2,1H3,(H,26,28)(H,27,29)/b25-14+. The summed E-state index contributed by atoms with van der Waals surface area (Å²) in [7, 11) is 1.60. The Morgan fingerprint density at radius 3 is 2.55 bits per heavy atom. The molecular weight excluding hydrogens is 401 g/mol. The number of ether oxygens (including phenoxy) is 2. The van der Waals surface area contributed by atoms with Gasteiger partial charge in [0.15, 0.2) is 0 Å². The van der Waals surface area contributed by atoms with Crippen LogP contribution in [0, 0.1) is 5.82 Å². The molecule has 8 heteroatoms. The van der Waals surface area contributed by atoms with Gasteiger partial charge in [-0.1, -0.05) is 24.3 Å². The molecule has 3 aromatic rings. The zero-order valence-corrected chi connectivity index (χ0v) is 16.7. The van der Waals surface area contributed by atoms with Gasteiger partial charge in [-0.2, -0.15) is 5.10 Å². The molecule has 0 aromatic heterocycles. The van der Waals surface area contributed by atoms with E-state index in [-0.39, 0.29) is 0 Å². The van der Waals surface area contributed by atoms with Crippen LogP contribution in [0.2, 0.25) is 0 Å². The van der Waals surface area contributed by atoms with Crippen LogP contribution in [0.5, 0.6) is 11.5 Å². The lowest BCUT2D eigenvalue weighted by Crippen LogP contribution is -2.32. The summed E-state index contributed by atoms with van der Waals surface area (Å²) >= 11 is 0. The molecule has 31 heavy (non-hydrogen) atoms. The highest BCUT2D eigenvalue weighted by Gasteiger charge is 2.13. The van der Waals surface area contributed by atoms with Gasteiger partial charge in [0.2, 0.25) is 0 Å². The number of hydrazone groups is 1. The van der Waals surface area contributed by atoms with Crippen molar-refractivity contribution >= 4 is 23.7 Å². The van der Waals surface area contributed by atoms with Gasteiger partial charge in [0, 0.05) is 11.3 Å².